The van der Waals surface area contributed by atoms with Gasteiger partial charge in [0.25, 0.3) is 0 Å². The van der Waals surface area contributed by atoms with Gasteiger partial charge in [0.1, 0.15) is 12.1 Å². The molecule has 0 saturated carbocycles. The lowest BCUT2D eigenvalue weighted by molar-refractivity contribution is -0.141. The average Bonchev–Trinajstić information content (AvgIpc) is 4.04. The molecule has 4 N–H and O–H groups in total. The molecule has 8 rings (SSSR count). The van der Waals surface area contributed by atoms with Gasteiger partial charge in [-0.2, -0.15) is 0 Å². The zero-order chi connectivity index (χ0) is 47.2. The Hall–Kier alpha value is -7.54. The number of nitrogens with one attached hydrogen (secondary N) is 2. The summed E-state index contributed by atoms with van der Waals surface area (Å²) in [6.45, 7) is 2.86. The molecule has 2 heterocycles. The number of carbonyl (C=O) groups is 4. The SMILES string of the molecule is O=C(O)C(CCC(N=C(c1ccccc1)c1ccccc1NC(=O)[C@H]1CCCN1Cc1ccccc1)C(=O)O)N=C(c1ccccc1)c1ccccc1NC(=O)[C@H]1CCCN1Cc1ccccc1. The quantitative estimate of drug-likeness (QED) is 0.0586. The molecular formula is C56H56N6O6. The Morgan fingerprint density at radius 1 is 0.485 bits per heavy atom. The first-order valence-electron chi connectivity index (χ1n) is 23.3. The van der Waals surface area contributed by atoms with Crippen molar-refractivity contribution in [3.8, 4) is 0 Å². The molecule has 2 fully saturated rings. The van der Waals surface area contributed by atoms with Gasteiger partial charge in [-0.1, -0.05) is 158 Å². The highest BCUT2D eigenvalue weighted by molar-refractivity contribution is 6.19. The first-order valence-corrected chi connectivity index (χ1v) is 23.3. The summed E-state index contributed by atoms with van der Waals surface area (Å²) >= 11 is 0. The summed E-state index contributed by atoms with van der Waals surface area (Å²) < 4.78 is 0. The zero-order valence-corrected chi connectivity index (χ0v) is 37.9. The van der Waals surface area contributed by atoms with Gasteiger partial charge < -0.3 is 20.8 Å². The van der Waals surface area contributed by atoms with Crippen molar-refractivity contribution in [2.75, 3.05) is 23.7 Å². The maximum Gasteiger partial charge on any atom is 0.328 e. The molecule has 2 amide bonds. The molecular weight excluding hydrogens is 853 g/mol. The van der Waals surface area contributed by atoms with Crippen LogP contribution in [0.1, 0.15) is 71.9 Å². The van der Waals surface area contributed by atoms with E-state index in [0.717, 1.165) is 37.1 Å². The van der Waals surface area contributed by atoms with E-state index in [2.05, 4.69) is 44.7 Å². The van der Waals surface area contributed by atoms with E-state index >= 15 is 0 Å². The number of amides is 2. The van der Waals surface area contributed by atoms with Crippen LogP contribution in [-0.2, 0) is 32.3 Å². The minimum Gasteiger partial charge on any atom is -0.480 e. The minimum atomic E-state index is -1.38. The van der Waals surface area contributed by atoms with Crippen molar-refractivity contribution in [1.29, 1.82) is 0 Å². The molecule has 346 valence electrons. The van der Waals surface area contributed by atoms with Crippen molar-refractivity contribution in [3.63, 3.8) is 0 Å². The lowest BCUT2D eigenvalue weighted by Gasteiger charge is -2.24. The van der Waals surface area contributed by atoms with Crippen LogP contribution in [0, 0.1) is 0 Å². The third kappa shape index (κ3) is 11.9. The van der Waals surface area contributed by atoms with E-state index in [-0.39, 0.29) is 36.7 Å². The topological polar surface area (TPSA) is 164 Å². The first kappa shape index (κ1) is 47.0. The van der Waals surface area contributed by atoms with Crippen LogP contribution < -0.4 is 10.6 Å². The van der Waals surface area contributed by atoms with Crippen molar-refractivity contribution >= 4 is 46.6 Å². The Labute approximate surface area is 397 Å². The predicted octanol–water partition coefficient (Wildman–Crippen LogP) is 8.95. The number of benzene rings is 6. The molecule has 4 atom stereocenters. The molecule has 0 aliphatic carbocycles. The molecule has 0 spiro atoms. The molecule has 12 nitrogen and oxygen atoms in total. The Balaban J connectivity index is 1.06. The van der Waals surface area contributed by atoms with Gasteiger partial charge in [0, 0.05) is 35.3 Å². The van der Waals surface area contributed by atoms with Gasteiger partial charge in [0.05, 0.1) is 34.9 Å². The van der Waals surface area contributed by atoms with E-state index in [1.807, 2.05) is 121 Å². The van der Waals surface area contributed by atoms with Crippen molar-refractivity contribution in [3.05, 3.63) is 203 Å². The fourth-order valence-electron chi connectivity index (χ4n) is 9.19. The number of hydrogen-bond acceptors (Lipinski definition) is 8. The second kappa shape index (κ2) is 22.8. The van der Waals surface area contributed by atoms with Gasteiger partial charge in [-0.05, 0) is 74.9 Å². The molecule has 0 radical (unpaired) electrons. The number of rotatable bonds is 19. The molecule has 2 unspecified atom stereocenters. The largest absolute Gasteiger partial charge is 0.480 e. The Bertz CT molecular complexity index is 2540. The van der Waals surface area contributed by atoms with E-state index in [0.29, 0.717) is 71.0 Å². The molecule has 2 aliphatic heterocycles. The lowest BCUT2D eigenvalue weighted by atomic mass is 9.98. The van der Waals surface area contributed by atoms with Gasteiger partial charge in [-0.15, -0.1) is 0 Å². The Morgan fingerprint density at radius 2 is 0.824 bits per heavy atom. The van der Waals surface area contributed by atoms with E-state index in [1.54, 1.807) is 24.3 Å². The van der Waals surface area contributed by atoms with Crippen LogP contribution in [0.25, 0.3) is 0 Å². The summed E-state index contributed by atoms with van der Waals surface area (Å²) in [7, 11) is 0. The maximum atomic E-state index is 14.0. The third-order valence-corrected chi connectivity index (χ3v) is 12.6. The number of carbonyl (C=O) groups excluding carboxylic acids is 2. The van der Waals surface area contributed by atoms with Crippen LogP contribution in [0.3, 0.4) is 0 Å². The number of carboxylic acid groups (broad SMARTS) is 2. The molecule has 6 aromatic carbocycles. The molecule has 6 aromatic rings. The van der Waals surface area contributed by atoms with E-state index < -0.39 is 24.0 Å². The summed E-state index contributed by atoms with van der Waals surface area (Å²) in [5, 5.41) is 27.7. The van der Waals surface area contributed by atoms with Crippen molar-refractivity contribution < 1.29 is 29.4 Å². The summed E-state index contributed by atoms with van der Waals surface area (Å²) in [6.07, 6.45) is 2.84. The van der Waals surface area contributed by atoms with Crippen LogP contribution in [-0.4, -0.2) is 92.4 Å². The summed E-state index contributed by atoms with van der Waals surface area (Å²) in [4.78, 5) is 68.4. The number of para-hydroxylation sites is 2. The van der Waals surface area contributed by atoms with Gasteiger partial charge in [0.15, 0.2) is 0 Å². The highest BCUT2D eigenvalue weighted by Gasteiger charge is 2.33. The number of carboxylic acids is 2. The fraction of sp³-hybridized carbons (Fsp3) is 0.250. The van der Waals surface area contributed by atoms with Crippen molar-refractivity contribution in [1.82, 2.24) is 9.80 Å². The van der Waals surface area contributed by atoms with Gasteiger partial charge in [-0.3, -0.25) is 29.4 Å². The van der Waals surface area contributed by atoms with Gasteiger partial charge in [-0.25, -0.2) is 9.59 Å². The monoisotopic (exact) mass is 908 g/mol. The second-order valence-electron chi connectivity index (χ2n) is 17.3. The highest BCUT2D eigenvalue weighted by atomic mass is 16.4. The van der Waals surface area contributed by atoms with Crippen LogP contribution in [0.5, 0.6) is 0 Å². The molecule has 0 aromatic heterocycles. The number of hydrogen-bond donors (Lipinski definition) is 4. The third-order valence-electron chi connectivity index (χ3n) is 12.6. The Kier molecular flexibility index (Phi) is 15.7. The van der Waals surface area contributed by atoms with Gasteiger partial charge in [0.2, 0.25) is 11.8 Å². The summed E-state index contributed by atoms with van der Waals surface area (Å²) in [5.41, 5.74) is 6.23. The first-order chi connectivity index (χ1) is 33.2. The second-order valence-corrected chi connectivity index (χ2v) is 17.3. The number of nitrogens with zero attached hydrogens (tertiary/aromatic N) is 4. The predicted molar refractivity (Wildman–Crippen MR) is 266 cm³/mol. The zero-order valence-electron chi connectivity index (χ0n) is 37.9. The molecule has 68 heavy (non-hydrogen) atoms. The average molecular weight is 909 g/mol. The molecule has 2 saturated heterocycles. The van der Waals surface area contributed by atoms with Crippen LogP contribution in [0.15, 0.2) is 180 Å². The molecule has 12 heteroatoms. The van der Waals surface area contributed by atoms with Crippen LogP contribution >= 0.6 is 0 Å². The summed E-state index contributed by atoms with van der Waals surface area (Å²) in [5.74, 6) is -2.79. The number of aliphatic carboxylic acids is 2. The van der Waals surface area contributed by atoms with Crippen LogP contribution in [0.2, 0.25) is 0 Å². The number of anilines is 2. The summed E-state index contributed by atoms with van der Waals surface area (Å²) in [6, 6.07) is 49.4. The number of aliphatic imine (C=N–C) groups is 2. The van der Waals surface area contributed by atoms with Gasteiger partial charge >= 0.3 is 11.9 Å². The van der Waals surface area contributed by atoms with Crippen molar-refractivity contribution in [2.24, 2.45) is 9.98 Å². The van der Waals surface area contributed by atoms with E-state index in [4.69, 9.17) is 9.98 Å². The maximum absolute atomic E-state index is 14.0. The smallest absolute Gasteiger partial charge is 0.328 e. The number of likely N-dealkylation sites (tertiary alicyclic amines) is 2. The minimum absolute atomic E-state index is 0.158. The standard InChI is InChI=1S/C56H56N6O6/c63-53(49-31-17-35-61(49)37-39-19-5-1-6-20-39)59-45-29-15-13-27-43(45)51(41-23-9-3-10-24-41)57-47(55(65)66)33-34-48(56(67)68)58-52(42-25-11-4-12-26-42)44-28-14-16-30-46(44)60-54(64)50-32-18-36-62(50)38-40-21-7-2-8-22-40/h1-16,19-30,47-50H,17-18,31-38H2,(H,59,63)(H,60,64)(H,65,66)(H,67,68)/t47?,48?,49-,50-/m1/s1. The fourth-order valence-corrected chi connectivity index (χ4v) is 9.19. The Morgan fingerprint density at radius 3 is 1.19 bits per heavy atom. The van der Waals surface area contributed by atoms with E-state index in [1.165, 1.54) is 0 Å². The van der Waals surface area contributed by atoms with E-state index in [9.17, 15) is 29.4 Å². The normalized spacial score (nSPS) is 17.6. The van der Waals surface area contributed by atoms with Crippen molar-refractivity contribution in [2.45, 2.75) is 75.8 Å². The molecule has 2 aliphatic rings. The molecule has 0 bridgehead atoms. The van der Waals surface area contributed by atoms with Crippen LogP contribution in [0.4, 0.5) is 11.4 Å². The lowest BCUT2D eigenvalue weighted by Crippen LogP contribution is -2.39. The highest BCUT2D eigenvalue weighted by Crippen LogP contribution is 2.28.